The number of nitrogens with one attached hydrogen (secondary N) is 1. The van der Waals surface area contributed by atoms with Crippen molar-refractivity contribution in [3.05, 3.63) is 46.0 Å². The molecule has 0 radical (unpaired) electrons. The molecule has 5 nitrogen and oxygen atoms in total. The number of rotatable bonds is 4. The first kappa shape index (κ1) is 15.3. The first-order chi connectivity index (χ1) is 10.0. The van der Waals surface area contributed by atoms with Crippen molar-refractivity contribution in [1.82, 2.24) is 15.2 Å². The summed E-state index contributed by atoms with van der Waals surface area (Å²) < 4.78 is 13.6. The highest BCUT2D eigenvalue weighted by molar-refractivity contribution is 6.31. The SMILES string of the molecule is CCc1nnc(NC(=O)c2cc(Cl)ccc2F)nc1CC. The van der Waals surface area contributed by atoms with Gasteiger partial charge in [0.1, 0.15) is 5.82 Å². The average molecular weight is 309 g/mol. The quantitative estimate of drug-likeness (QED) is 0.942. The molecule has 0 fully saturated rings. The number of aryl methyl sites for hydroxylation is 2. The third-order valence-corrected chi connectivity index (χ3v) is 3.14. The van der Waals surface area contributed by atoms with Gasteiger partial charge in [-0.3, -0.25) is 10.1 Å². The molecule has 1 aromatic heterocycles. The standard InChI is InChI=1S/C14H14ClFN4O/c1-3-11-12(4-2)19-20-14(17-11)18-13(21)9-7-8(15)5-6-10(9)16/h5-7H,3-4H2,1-2H3,(H,17,18,20,21). The van der Waals surface area contributed by atoms with Crippen LogP contribution in [-0.2, 0) is 12.8 Å². The van der Waals surface area contributed by atoms with Crippen LogP contribution in [0.25, 0.3) is 0 Å². The van der Waals surface area contributed by atoms with Crippen LogP contribution in [-0.4, -0.2) is 21.1 Å². The Morgan fingerprint density at radius 3 is 2.62 bits per heavy atom. The Labute approximate surface area is 126 Å². The van der Waals surface area contributed by atoms with Crippen LogP contribution in [0.2, 0.25) is 5.02 Å². The van der Waals surface area contributed by atoms with Gasteiger partial charge in [0.2, 0.25) is 5.95 Å². The number of amides is 1. The number of carbonyl (C=O) groups is 1. The highest BCUT2D eigenvalue weighted by Crippen LogP contribution is 2.16. The van der Waals surface area contributed by atoms with Crippen LogP contribution in [0.5, 0.6) is 0 Å². The lowest BCUT2D eigenvalue weighted by atomic mass is 10.2. The van der Waals surface area contributed by atoms with Gasteiger partial charge in [0.15, 0.2) is 0 Å². The van der Waals surface area contributed by atoms with Gasteiger partial charge in [-0.05, 0) is 31.0 Å². The summed E-state index contributed by atoms with van der Waals surface area (Å²) in [6.07, 6.45) is 1.38. The van der Waals surface area contributed by atoms with Crippen molar-refractivity contribution in [2.75, 3.05) is 5.32 Å². The molecule has 1 heterocycles. The van der Waals surface area contributed by atoms with Crippen molar-refractivity contribution in [3.8, 4) is 0 Å². The minimum absolute atomic E-state index is 0.0495. The summed E-state index contributed by atoms with van der Waals surface area (Å²) in [7, 11) is 0. The summed E-state index contributed by atoms with van der Waals surface area (Å²) in [5, 5.41) is 10.5. The fourth-order valence-electron chi connectivity index (χ4n) is 1.83. The number of nitrogens with zero attached hydrogens (tertiary/aromatic N) is 3. The molecule has 0 aliphatic rings. The number of benzene rings is 1. The molecule has 0 aliphatic carbocycles. The lowest BCUT2D eigenvalue weighted by molar-refractivity contribution is 0.102. The molecule has 2 aromatic rings. The van der Waals surface area contributed by atoms with Crippen LogP contribution in [0.3, 0.4) is 0 Å². The summed E-state index contributed by atoms with van der Waals surface area (Å²) in [4.78, 5) is 16.2. The highest BCUT2D eigenvalue weighted by Gasteiger charge is 2.15. The Bertz CT molecular complexity index is 678. The molecule has 0 saturated carbocycles. The smallest absolute Gasteiger partial charge is 0.261 e. The van der Waals surface area contributed by atoms with E-state index in [4.69, 9.17) is 11.6 Å². The summed E-state index contributed by atoms with van der Waals surface area (Å²) in [6, 6.07) is 3.76. The van der Waals surface area contributed by atoms with Crippen LogP contribution < -0.4 is 5.32 Å². The third kappa shape index (κ3) is 3.52. The molecule has 0 unspecified atom stereocenters. The van der Waals surface area contributed by atoms with Crippen molar-refractivity contribution >= 4 is 23.5 Å². The van der Waals surface area contributed by atoms with Crippen molar-refractivity contribution in [2.24, 2.45) is 0 Å². The minimum atomic E-state index is -0.664. The van der Waals surface area contributed by atoms with Gasteiger partial charge in [0, 0.05) is 5.02 Å². The molecule has 1 aromatic carbocycles. The van der Waals surface area contributed by atoms with Gasteiger partial charge in [-0.1, -0.05) is 25.4 Å². The van der Waals surface area contributed by atoms with E-state index in [1.807, 2.05) is 13.8 Å². The van der Waals surface area contributed by atoms with E-state index in [0.717, 1.165) is 17.5 Å². The van der Waals surface area contributed by atoms with E-state index in [2.05, 4.69) is 20.5 Å². The molecule has 110 valence electrons. The number of aromatic nitrogens is 3. The lowest BCUT2D eigenvalue weighted by Gasteiger charge is -2.07. The van der Waals surface area contributed by atoms with Gasteiger partial charge in [-0.2, -0.15) is 0 Å². The zero-order valence-electron chi connectivity index (χ0n) is 11.7. The van der Waals surface area contributed by atoms with Gasteiger partial charge in [-0.25, -0.2) is 9.37 Å². The van der Waals surface area contributed by atoms with Gasteiger partial charge in [-0.15, -0.1) is 10.2 Å². The van der Waals surface area contributed by atoms with Crippen LogP contribution in [0, 0.1) is 5.82 Å². The van der Waals surface area contributed by atoms with Gasteiger partial charge in [0.05, 0.1) is 17.0 Å². The van der Waals surface area contributed by atoms with E-state index >= 15 is 0 Å². The maximum absolute atomic E-state index is 13.6. The summed E-state index contributed by atoms with van der Waals surface area (Å²) >= 11 is 5.76. The molecule has 1 N–H and O–H groups in total. The minimum Gasteiger partial charge on any atom is -0.289 e. The van der Waals surface area contributed by atoms with Crippen molar-refractivity contribution in [3.63, 3.8) is 0 Å². The third-order valence-electron chi connectivity index (χ3n) is 2.91. The fourth-order valence-corrected chi connectivity index (χ4v) is 2.00. The van der Waals surface area contributed by atoms with Crippen LogP contribution >= 0.6 is 11.6 Å². The first-order valence-corrected chi connectivity index (χ1v) is 6.91. The number of carbonyl (C=O) groups excluding carboxylic acids is 1. The van der Waals surface area contributed by atoms with E-state index in [-0.39, 0.29) is 16.5 Å². The number of hydrogen-bond donors (Lipinski definition) is 1. The summed E-state index contributed by atoms with van der Waals surface area (Å²) in [5.74, 6) is -1.28. The molecule has 21 heavy (non-hydrogen) atoms. The normalized spacial score (nSPS) is 10.5. The summed E-state index contributed by atoms with van der Waals surface area (Å²) in [6.45, 7) is 3.88. The molecule has 0 spiro atoms. The van der Waals surface area contributed by atoms with Gasteiger partial charge < -0.3 is 0 Å². The summed E-state index contributed by atoms with van der Waals surface area (Å²) in [5.41, 5.74) is 1.38. The molecule has 0 aliphatic heterocycles. The zero-order valence-corrected chi connectivity index (χ0v) is 12.4. The number of hydrogen-bond acceptors (Lipinski definition) is 4. The second kappa shape index (κ2) is 6.58. The molecule has 7 heteroatoms. The Morgan fingerprint density at radius 1 is 1.24 bits per heavy atom. The number of anilines is 1. The average Bonchev–Trinajstić information content (AvgIpc) is 2.49. The predicted octanol–water partition coefficient (Wildman–Crippen LogP) is 3.04. The Hall–Kier alpha value is -2.08. The molecule has 0 saturated heterocycles. The maximum Gasteiger partial charge on any atom is 0.261 e. The van der Waals surface area contributed by atoms with E-state index in [9.17, 15) is 9.18 Å². The highest BCUT2D eigenvalue weighted by atomic mass is 35.5. The van der Waals surface area contributed by atoms with E-state index in [0.29, 0.717) is 12.8 Å². The van der Waals surface area contributed by atoms with Crippen LogP contribution in [0.4, 0.5) is 10.3 Å². The second-order valence-corrected chi connectivity index (χ2v) is 4.75. The second-order valence-electron chi connectivity index (χ2n) is 4.31. The van der Waals surface area contributed by atoms with Crippen molar-refractivity contribution in [2.45, 2.75) is 26.7 Å². The fraction of sp³-hybridized carbons (Fsp3) is 0.286. The van der Waals surface area contributed by atoms with E-state index < -0.39 is 11.7 Å². The molecular formula is C14H14ClFN4O. The number of halogens is 2. The van der Waals surface area contributed by atoms with Crippen molar-refractivity contribution in [1.29, 1.82) is 0 Å². The maximum atomic E-state index is 13.6. The Kier molecular flexibility index (Phi) is 4.80. The first-order valence-electron chi connectivity index (χ1n) is 6.54. The van der Waals surface area contributed by atoms with E-state index in [1.54, 1.807) is 0 Å². The lowest BCUT2D eigenvalue weighted by Crippen LogP contribution is -2.17. The van der Waals surface area contributed by atoms with Crippen LogP contribution in [0.15, 0.2) is 18.2 Å². The Balaban J connectivity index is 2.25. The van der Waals surface area contributed by atoms with Gasteiger partial charge >= 0.3 is 0 Å². The topological polar surface area (TPSA) is 67.8 Å². The van der Waals surface area contributed by atoms with Crippen molar-refractivity contribution < 1.29 is 9.18 Å². The largest absolute Gasteiger partial charge is 0.289 e. The molecule has 2 rings (SSSR count). The van der Waals surface area contributed by atoms with E-state index in [1.165, 1.54) is 12.1 Å². The Morgan fingerprint density at radius 2 is 1.95 bits per heavy atom. The molecular weight excluding hydrogens is 295 g/mol. The monoisotopic (exact) mass is 308 g/mol. The molecule has 0 atom stereocenters. The predicted molar refractivity (Wildman–Crippen MR) is 77.9 cm³/mol. The van der Waals surface area contributed by atoms with Gasteiger partial charge in [0.25, 0.3) is 5.91 Å². The molecule has 1 amide bonds. The zero-order chi connectivity index (χ0) is 15.4. The van der Waals surface area contributed by atoms with Crippen LogP contribution in [0.1, 0.15) is 35.6 Å². The molecule has 0 bridgehead atoms.